The van der Waals surface area contributed by atoms with Crippen molar-refractivity contribution in [3.8, 4) is 0 Å². The van der Waals surface area contributed by atoms with Crippen LogP contribution in [0.25, 0.3) is 0 Å². The summed E-state index contributed by atoms with van der Waals surface area (Å²) in [5.74, 6) is -0.556. The van der Waals surface area contributed by atoms with Crippen LogP contribution in [0.1, 0.15) is 90.4 Å². The molecule has 5 atom stereocenters. The van der Waals surface area contributed by atoms with Crippen LogP contribution in [0, 0.1) is 11.8 Å². The number of hydrogen-bond acceptors (Lipinski definition) is 4. The highest BCUT2D eigenvalue weighted by atomic mass is 16.4. The lowest BCUT2D eigenvalue weighted by atomic mass is 9.84. The van der Waals surface area contributed by atoms with Crippen molar-refractivity contribution >= 4 is 5.97 Å². The van der Waals surface area contributed by atoms with E-state index in [2.05, 4.69) is 6.92 Å². The number of rotatable bonds is 14. The molecule has 0 bridgehead atoms. The minimum atomic E-state index is -0.744. The van der Waals surface area contributed by atoms with E-state index in [1.165, 1.54) is 0 Å². The SMILES string of the molecule is CCCCC[C@H](O)CCC1C(CCCCCCC(=O)O)C(O)C[C@H]1O. The standard InChI is InChI=1S/C20H38O5/c1-2-3-6-9-15(21)12-13-17-16(18(22)14-19(17)23)10-7-4-5-8-11-20(24)25/h15-19,21-23H,2-14H2,1H3,(H,24,25)/t15-,16?,17?,18?,19+/m0/s1. The van der Waals surface area contributed by atoms with Gasteiger partial charge in [-0.05, 0) is 50.4 Å². The van der Waals surface area contributed by atoms with E-state index in [0.29, 0.717) is 19.3 Å². The summed E-state index contributed by atoms with van der Waals surface area (Å²) in [5.41, 5.74) is 0. The van der Waals surface area contributed by atoms with E-state index >= 15 is 0 Å². The highest BCUT2D eigenvalue weighted by Crippen LogP contribution is 2.39. The second-order valence-electron chi connectivity index (χ2n) is 7.77. The smallest absolute Gasteiger partial charge is 0.303 e. The molecule has 25 heavy (non-hydrogen) atoms. The first-order chi connectivity index (χ1) is 12.0. The summed E-state index contributed by atoms with van der Waals surface area (Å²) in [5, 5.41) is 39.2. The molecule has 0 spiro atoms. The predicted molar refractivity (Wildman–Crippen MR) is 98.3 cm³/mol. The van der Waals surface area contributed by atoms with Gasteiger partial charge >= 0.3 is 5.97 Å². The fraction of sp³-hybridized carbons (Fsp3) is 0.950. The quantitative estimate of drug-likeness (QED) is 0.356. The summed E-state index contributed by atoms with van der Waals surface area (Å²) in [7, 11) is 0. The van der Waals surface area contributed by atoms with Crippen LogP contribution in [0.15, 0.2) is 0 Å². The zero-order valence-corrected chi connectivity index (χ0v) is 15.8. The largest absolute Gasteiger partial charge is 0.481 e. The third-order valence-corrected chi connectivity index (χ3v) is 5.67. The van der Waals surface area contributed by atoms with Crippen LogP contribution in [-0.4, -0.2) is 44.7 Å². The lowest BCUT2D eigenvalue weighted by Crippen LogP contribution is -2.24. The molecule has 0 radical (unpaired) electrons. The molecule has 1 saturated carbocycles. The number of carboxylic acid groups (broad SMARTS) is 1. The molecule has 0 aromatic rings. The highest BCUT2D eigenvalue weighted by molar-refractivity contribution is 5.66. The van der Waals surface area contributed by atoms with Crippen molar-refractivity contribution in [1.29, 1.82) is 0 Å². The molecule has 0 saturated heterocycles. The maximum absolute atomic E-state index is 10.5. The first-order valence-corrected chi connectivity index (χ1v) is 10.2. The van der Waals surface area contributed by atoms with E-state index in [4.69, 9.17) is 5.11 Å². The minimum absolute atomic E-state index is 0.0786. The van der Waals surface area contributed by atoms with Gasteiger partial charge in [-0.15, -0.1) is 0 Å². The van der Waals surface area contributed by atoms with E-state index in [-0.39, 0.29) is 24.4 Å². The Bertz CT molecular complexity index is 360. The summed E-state index contributed by atoms with van der Waals surface area (Å²) in [6, 6.07) is 0. The second-order valence-corrected chi connectivity index (χ2v) is 7.77. The molecule has 148 valence electrons. The third-order valence-electron chi connectivity index (χ3n) is 5.67. The van der Waals surface area contributed by atoms with E-state index in [1.54, 1.807) is 0 Å². The van der Waals surface area contributed by atoms with E-state index in [9.17, 15) is 20.1 Å². The molecule has 1 aliphatic carbocycles. The molecule has 0 heterocycles. The number of aliphatic hydroxyl groups excluding tert-OH is 3. The average molecular weight is 359 g/mol. The number of carboxylic acids is 1. The lowest BCUT2D eigenvalue weighted by Gasteiger charge is -2.24. The van der Waals surface area contributed by atoms with Gasteiger partial charge in [0, 0.05) is 6.42 Å². The van der Waals surface area contributed by atoms with Gasteiger partial charge in [-0.1, -0.05) is 45.4 Å². The maximum atomic E-state index is 10.5. The number of aliphatic hydroxyl groups is 3. The summed E-state index contributed by atoms with van der Waals surface area (Å²) in [6.45, 7) is 2.15. The van der Waals surface area contributed by atoms with E-state index < -0.39 is 18.2 Å². The van der Waals surface area contributed by atoms with Crippen LogP contribution in [0.4, 0.5) is 0 Å². The predicted octanol–water partition coefficient (Wildman–Crippen LogP) is 3.49. The monoisotopic (exact) mass is 358 g/mol. The van der Waals surface area contributed by atoms with Gasteiger partial charge in [0.25, 0.3) is 0 Å². The topological polar surface area (TPSA) is 98.0 Å². The van der Waals surface area contributed by atoms with Crippen LogP contribution in [0.5, 0.6) is 0 Å². The Morgan fingerprint density at radius 3 is 2.20 bits per heavy atom. The summed E-state index contributed by atoms with van der Waals surface area (Å²) < 4.78 is 0. The Hall–Kier alpha value is -0.650. The van der Waals surface area contributed by atoms with Crippen LogP contribution in [0.3, 0.4) is 0 Å². The van der Waals surface area contributed by atoms with E-state index in [1.807, 2.05) is 0 Å². The van der Waals surface area contributed by atoms with Crippen LogP contribution in [-0.2, 0) is 4.79 Å². The Morgan fingerprint density at radius 2 is 1.56 bits per heavy atom. The molecule has 5 nitrogen and oxygen atoms in total. The first-order valence-electron chi connectivity index (χ1n) is 10.2. The van der Waals surface area contributed by atoms with Gasteiger partial charge in [-0.2, -0.15) is 0 Å². The Balaban J connectivity index is 2.28. The molecule has 4 N–H and O–H groups in total. The number of aliphatic carboxylic acids is 1. The Kier molecular flexibility index (Phi) is 11.3. The van der Waals surface area contributed by atoms with Gasteiger partial charge < -0.3 is 20.4 Å². The molecule has 3 unspecified atom stereocenters. The van der Waals surface area contributed by atoms with Crippen molar-refractivity contribution in [1.82, 2.24) is 0 Å². The molecule has 1 fully saturated rings. The molecular formula is C20H38O5. The number of hydrogen-bond donors (Lipinski definition) is 4. The van der Waals surface area contributed by atoms with Gasteiger partial charge in [0.1, 0.15) is 0 Å². The fourth-order valence-electron chi connectivity index (χ4n) is 4.15. The molecule has 1 aliphatic rings. The highest BCUT2D eigenvalue weighted by Gasteiger charge is 2.40. The van der Waals surface area contributed by atoms with Crippen molar-refractivity contribution in [2.75, 3.05) is 0 Å². The lowest BCUT2D eigenvalue weighted by molar-refractivity contribution is -0.137. The van der Waals surface area contributed by atoms with Crippen LogP contribution in [0.2, 0.25) is 0 Å². The number of carbonyl (C=O) groups is 1. The fourth-order valence-corrected chi connectivity index (χ4v) is 4.15. The summed E-state index contributed by atoms with van der Waals surface area (Å²) in [6.07, 6.45) is 9.52. The summed E-state index contributed by atoms with van der Waals surface area (Å²) in [4.78, 5) is 10.5. The van der Waals surface area contributed by atoms with Gasteiger partial charge in [0.15, 0.2) is 0 Å². The maximum Gasteiger partial charge on any atom is 0.303 e. The minimum Gasteiger partial charge on any atom is -0.481 e. The van der Waals surface area contributed by atoms with Crippen LogP contribution >= 0.6 is 0 Å². The van der Waals surface area contributed by atoms with Crippen molar-refractivity contribution in [3.05, 3.63) is 0 Å². The van der Waals surface area contributed by atoms with Crippen molar-refractivity contribution in [2.24, 2.45) is 11.8 Å². The van der Waals surface area contributed by atoms with E-state index in [0.717, 1.165) is 57.8 Å². The zero-order chi connectivity index (χ0) is 18.7. The number of unbranched alkanes of at least 4 members (excludes halogenated alkanes) is 5. The third kappa shape index (κ3) is 9.02. The van der Waals surface area contributed by atoms with Crippen molar-refractivity contribution < 1.29 is 25.2 Å². The molecule has 0 amide bonds. The van der Waals surface area contributed by atoms with Crippen LogP contribution < -0.4 is 0 Å². The molecule has 0 aromatic carbocycles. The molecule has 1 rings (SSSR count). The van der Waals surface area contributed by atoms with Gasteiger partial charge in [-0.25, -0.2) is 0 Å². The Labute approximate surface area is 152 Å². The first kappa shape index (κ1) is 22.4. The molecule has 0 aromatic heterocycles. The van der Waals surface area contributed by atoms with Gasteiger partial charge in [0.05, 0.1) is 18.3 Å². The van der Waals surface area contributed by atoms with Gasteiger partial charge in [0.2, 0.25) is 0 Å². The second kappa shape index (κ2) is 12.7. The average Bonchev–Trinajstić information content (AvgIpc) is 2.82. The Morgan fingerprint density at radius 1 is 0.920 bits per heavy atom. The molecule has 5 heteroatoms. The normalized spacial score (nSPS) is 27.5. The van der Waals surface area contributed by atoms with Gasteiger partial charge in [-0.3, -0.25) is 4.79 Å². The zero-order valence-electron chi connectivity index (χ0n) is 15.8. The summed E-state index contributed by atoms with van der Waals surface area (Å²) >= 11 is 0. The molecule has 0 aliphatic heterocycles. The van der Waals surface area contributed by atoms with Crippen molar-refractivity contribution in [2.45, 2.75) is 109 Å². The molecular weight excluding hydrogens is 320 g/mol. The van der Waals surface area contributed by atoms with Crippen molar-refractivity contribution in [3.63, 3.8) is 0 Å².